The number of hydrogen-bond donors (Lipinski definition) is 0. The number of hydrogen-bond acceptors (Lipinski definition) is 3. The summed E-state index contributed by atoms with van der Waals surface area (Å²) in [6, 6.07) is 7.63. The molecule has 2 aromatic carbocycles. The van der Waals surface area contributed by atoms with Gasteiger partial charge in [0, 0.05) is 11.6 Å². The van der Waals surface area contributed by atoms with Crippen LogP contribution < -0.4 is 4.74 Å². The quantitative estimate of drug-likeness (QED) is 0.473. The Morgan fingerprint density at radius 2 is 1.62 bits per heavy atom. The summed E-state index contributed by atoms with van der Waals surface area (Å²) in [5.74, 6) is -2.11. The summed E-state index contributed by atoms with van der Waals surface area (Å²) in [6.07, 6.45) is -4.81. The van der Waals surface area contributed by atoms with Crippen LogP contribution in [0.2, 0.25) is 0 Å². The minimum absolute atomic E-state index is 0.0806. The molecule has 0 aliphatic rings. The van der Waals surface area contributed by atoms with E-state index in [1.54, 1.807) is 0 Å². The molecule has 3 aromatic rings. The molecule has 136 valence electrons. The summed E-state index contributed by atoms with van der Waals surface area (Å²) in [6.45, 7) is 0. The topological polar surface area (TPSA) is 39.9 Å². The van der Waals surface area contributed by atoms with Gasteiger partial charge in [0.1, 0.15) is 23.1 Å². The minimum atomic E-state index is -4.81. The third-order valence-corrected chi connectivity index (χ3v) is 3.57. The monoisotopic (exact) mass is 389 g/mol. The smallest absolute Gasteiger partial charge is 0.406 e. The Kier molecular flexibility index (Phi) is 4.82. The van der Waals surface area contributed by atoms with Crippen LogP contribution in [0.3, 0.4) is 0 Å². The van der Waals surface area contributed by atoms with Gasteiger partial charge in [0.05, 0.1) is 17.3 Å². The Hall–Kier alpha value is -2.68. The molecular weight excluding hydrogens is 381 g/mol. The molecule has 3 rings (SSSR count). The second kappa shape index (κ2) is 6.91. The van der Waals surface area contributed by atoms with Crippen molar-refractivity contribution in [3.8, 4) is 22.7 Å². The van der Waals surface area contributed by atoms with Crippen molar-refractivity contribution in [3.05, 3.63) is 59.8 Å². The highest BCUT2D eigenvalue weighted by atomic mass is 35.5. The van der Waals surface area contributed by atoms with E-state index < -0.39 is 23.7 Å². The average Bonchev–Trinajstić information content (AvgIpc) is 2.97. The second-order valence-corrected chi connectivity index (χ2v) is 5.40. The lowest BCUT2D eigenvalue weighted by Gasteiger charge is -2.11. The maximum atomic E-state index is 13.6. The average molecular weight is 390 g/mol. The molecule has 0 spiro atoms. The van der Waals surface area contributed by atoms with Crippen molar-refractivity contribution in [2.24, 2.45) is 0 Å². The van der Waals surface area contributed by atoms with Crippen LogP contribution in [-0.4, -0.2) is 21.4 Å². The van der Waals surface area contributed by atoms with Crippen molar-refractivity contribution in [2.75, 3.05) is 0 Å². The molecule has 1 aromatic heterocycles. The van der Waals surface area contributed by atoms with Crippen LogP contribution in [0.25, 0.3) is 16.9 Å². The van der Waals surface area contributed by atoms with Gasteiger partial charge in [-0.15, -0.1) is 29.9 Å². The summed E-state index contributed by atoms with van der Waals surface area (Å²) in [7, 11) is 0. The lowest BCUT2D eigenvalue weighted by Crippen LogP contribution is -2.17. The largest absolute Gasteiger partial charge is 0.573 e. The number of benzene rings is 2. The highest BCUT2D eigenvalue weighted by molar-refractivity contribution is 6.17. The molecule has 0 aliphatic carbocycles. The third kappa shape index (κ3) is 3.93. The summed E-state index contributed by atoms with van der Waals surface area (Å²) < 4.78 is 68.9. The summed E-state index contributed by atoms with van der Waals surface area (Å²) in [4.78, 5) is 0. The molecule has 0 N–H and O–H groups in total. The highest BCUT2D eigenvalue weighted by Gasteiger charge is 2.31. The molecule has 0 atom stereocenters. The third-order valence-electron chi connectivity index (χ3n) is 3.32. The molecule has 0 radical (unpaired) electrons. The van der Waals surface area contributed by atoms with Gasteiger partial charge >= 0.3 is 6.36 Å². The van der Waals surface area contributed by atoms with Crippen molar-refractivity contribution in [2.45, 2.75) is 12.2 Å². The molecular formula is C16H9ClF5N3O. The van der Waals surface area contributed by atoms with E-state index in [0.29, 0.717) is 11.8 Å². The molecule has 4 nitrogen and oxygen atoms in total. The number of ether oxygens (including phenoxy) is 1. The molecule has 0 amide bonds. The van der Waals surface area contributed by atoms with E-state index in [4.69, 9.17) is 11.6 Å². The molecule has 0 saturated carbocycles. The van der Waals surface area contributed by atoms with Gasteiger partial charge in [-0.3, -0.25) is 0 Å². The first-order chi connectivity index (χ1) is 12.3. The van der Waals surface area contributed by atoms with Crippen LogP contribution in [0, 0.1) is 11.6 Å². The molecule has 1 heterocycles. The van der Waals surface area contributed by atoms with Gasteiger partial charge in [0.2, 0.25) is 0 Å². The Labute approximate surface area is 148 Å². The summed E-state index contributed by atoms with van der Waals surface area (Å²) >= 11 is 5.81. The first-order valence-corrected chi connectivity index (χ1v) is 7.63. The van der Waals surface area contributed by atoms with Gasteiger partial charge in [-0.05, 0) is 36.4 Å². The molecule has 10 heteroatoms. The van der Waals surface area contributed by atoms with Crippen LogP contribution in [0.15, 0.2) is 42.5 Å². The van der Waals surface area contributed by atoms with Gasteiger partial charge in [0.15, 0.2) is 0 Å². The normalized spacial score (nSPS) is 11.6. The molecule has 0 aliphatic heterocycles. The lowest BCUT2D eigenvalue weighted by molar-refractivity contribution is -0.274. The van der Waals surface area contributed by atoms with Crippen molar-refractivity contribution in [1.82, 2.24) is 15.0 Å². The van der Waals surface area contributed by atoms with Crippen LogP contribution in [-0.2, 0) is 5.88 Å². The predicted octanol–water partition coefficient (Wildman–Crippen LogP) is 4.85. The van der Waals surface area contributed by atoms with Gasteiger partial charge < -0.3 is 4.74 Å². The maximum Gasteiger partial charge on any atom is 0.573 e. The van der Waals surface area contributed by atoms with Gasteiger partial charge in [0.25, 0.3) is 0 Å². The van der Waals surface area contributed by atoms with E-state index in [1.165, 1.54) is 16.8 Å². The van der Waals surface area contributed by atoms with Gasteiger partial charge in [-0.1, -0.05) is 5.21 Å². The Balaban J connectivity index is 2.05. The van der Waals surface area contributed by atoms with Gasteiger partial charge in [-0.25, -0.2) is 13.5 Å². The van der Waals surface area contributed by atoms with Crippen molar-refractivity contribution in [1.29, 1.82) is 0 Å². The van der Waals surface area contributed by atoms with E-state index in [-0.39, 0.29) is 22.8 Å². The summed E-state index contributed by atoms with van der Waals surface area (Å²) in [5.41, 5.74) is 0.928. The van der Waals surface area contributed by atoms with E-state index in [2.05, 4.69) is 15.0 Å². The lowest BCUT2D eigenvalue weighted by atomic mass is 10.1. The molecule has 0 fully saturated rings. The number of halogens is 6. The standard InChI is InChI=1S/C16H9ClF5N3O/c17-8-14-15(9-5-10(18)7-11(19)6-9)25(24-23-14)12-1-3-13(4-2-12)26-16(20,21)22/h1-7H,8H2. The molecule has 0 saturated heterocycles. The van der Waals surface area contributed by atoms with Crippen molar-refractivity contribution >= 4 is 11.6 Å². The van der Waals surface area contributed by atoms with Crippen LogP contribution in [0.5, 0.6) is 5.75 Å². The number of nitrogens with zero attached hydrogens (tertiary/aromatic N) is 3. The zero-order valence-electron chi connectivity index (χ0n) is 12.8. The Morgan fingerprint density at radius 3 is 2.15 bits per heavy atom. The van der Waals surface area contributed by atoms with Crippen LogP contribution >= 0.6 is 11.6 Å². The molecule has 0 unspecified atom stereocenters. The van der Waals surface area contributed by atoms with E-state index in [1.807, 2.05) is 0 Å². The zero-order valence-corrected chi connectivity index (χ0v) is 13.5. The minimum Gasteiger partial charge on any atom is -0.406 e. The number of aromatic nitrogens is 3. The number of alkyl halides is 4. The summed E-state index contributed by atoms with van der Waals surface area (Å²) in [5, 5.41) is 7.72. The van der Waals surface area contributed by atoms with E-state index in [0.717, 1.165) is 24.3 Å². The van der Waals surface area contributed by atoms with Crippen LogP contribution in [0.4, 0.5) is 22.0 Å². The Bertz CT molecular complexity index is 904. The maximum absolute atomic E-state index is 13.6. The van der Waals surface area contributed by atoms with Gasteiger partial charge in [-0.2, -0.15) is 0 Å². The predicted molar refractivity (Wildman–Crippen MR) is 83.0 cm³/mol. The number of rotatable bonds is 4. The SMILES string of the molecule is Fc1cc(F)cc(-c2c(CCl)nnn2-c2ccc(OC(F)(F)F)cc2)c1. The Morgan fingerprint density at radius 1 is 1.00 bits per heavy atom. The highest BCUT2D eigenvalue weighted by Crippen LogP contribution is 2.29. The van der Waals surface area contributed by atoms with Crippen molar-refractivity contribution < 1.29 is 26.7 Å². The van der Waals surface area contributed by atoms with Crippen LogP contribution in [0.1, 0.15) is 5.69 Å². The first kappa shape index (κ1) is 18.1. The fourth-order valence-corrected chi connectivity index (χ4v) is 2.53. The van der Waals surface area contributed by atoms with E-state index >= 15 is 0 Å². The fourth-order valence-electron chi connectivity index (χ4n) is 2.35. The fraction of sp³-hybridized carbons (Fsp3) is 0.125. The second-order valence-electron chi connectivity index (χ2n) is 5.13. The van der Waals surface area contributed by atoms with E-state index in [9.17, 15) is 22.0 Å². The molecule has 26 heavy (non-hydrogen) atoms. The first-order valence-electron chi connectivity index (χ1n) is 7.10. The van der Waals surface area contributed by atoms with Crippen molar-refractivity contribution in [3.63, 3.8) is 0 Å². The zero-order chi connectivity index (χ0) is 18.9. The molecule has 0 bridgehead atoms.